The van der Waals surface area contributed by atoms with Gasteiger partial charge in [-0.3, -0.25) is 4.79 Å². The van der Waals surface area contributed by atoms with E-state index in [0.29, 0.717) is 16.7 Å². The number of aromatic nitrogens is 2. The van der Waals surface area contributed by atoms with Crippen LogP contribution in [0.5, 0.6) is 0 Å². The van der Waals surface area contributed by atoms with E-state index in [0.717, 1.165) is 16.8 Å². The van der Waals surface area contributed by atoms with E-state index >= 15 is 0 Å². The zero-order chi connectivity index (χ0) is 18.7. The van der Waals surface area contributed by atoms with Crippen LogP contribution in [0.15, 0.2) is 48.7 Å². The van der Waals surface area contributed by atoms with Gasteiger partial charge in [-0.25, -0.2) is 9.97 Å². The van der Waals surface area contributed by atoms with E-state index in [-0.39, 0.29) is 10.7 Å². The Labute approximate surface area is 161 Å². The molecule has 132 valence electrons. The maximum Gasteiger partial charge on any atom is 0.274 e. The number of carbonyl (C=O) groups excluding carboxylic acids is 1. The summed E-state index contributed by atoms with van der Waals surface area (Å²) in [5.74, 6) is -0.0696. The molecule has 0 fully saturated rings. The molecule has 0 radical (unpaired) electrons. The third-order valence-electron chi connectivity index (χ3n) is 3.57. The molecule has 26 heavy (non-hydrogen) atoms. The predicted octanol–water partition coefficient (Wildman–Crippen LogP) is 5.40. The standard InChI is InChI=1S/C19H16Cl2N4O/c1-11-8-12(2)10-13(9-11)23-19-22-7-6-16(25-19)18(26)24-15-5-3-4-14(20)17(15)21/h3-10H,1-2H3,(H,24,26)(H,22,23,25). The topological polar surface area (TPSA) is 66.9 Å². The van der Waals surface area contributed by atoms with Crippen molar-refractivity contribution >= 4 is 46.4 Å². The summed E-state index contributed by atoms with van der Waals surface area (Å²) in [5.41, 5.74) is 3.74. The summed E-state index contributed by atoms with van der Waals surface area (Å²) < 4.78 is 0. The lowest BCUT2D eigenvalue weighted by Gasteiger charge is -2.10. The summed E-state index contributed by atoms with van der Waals surface area (Å²) in [6.45, 7) is 4.02. The molecule has 1 heterocycles. The number of hydrogen-bond donors (Lipinski definition) is 2. The molecule has 1 amide bonds. The van der Waals surface area contributed by atoms with Gasteiger partial charge < -0.3 is 10.6 Å². The van der Waals surface area contributed by atoms with Crippen molar-refractivity contribution in [2.75, 3.05) is 10.6 Å². The lowest BCUT2D eigenvalue weighted by Crippen LogP contribution is -2.15. The van der Waals surface area contributed by atoms with E-state index in [9.17, 15) is 4.79 Å². The molecule has 7 heteroatoms. The summed E-state index contributed by atoms with van der Waals surface area (Å²) in [5, 5.41) is 6.47. The van der Waals surface area contributed by atoms with Crippen molar-refractivity contribution in [3.05, 3.63) is 75.5 Å². The first-order valence-electron chi connectivity index (χ1n) is 7.86. The highest BCUT2D eigenvalue weighted by molar-refractivity contribution is 6.44. The Kier molecular flexibility index (Phi) is 5.40. The fraction of sp³-hybridized carbons (Fsp3) is 0.105. The van der Waals surface area contributed by atoms with Crippen LogP contribution >= 0.6 is 23.2 Å². The third-order valence-corrected chi connectivity index (χ3v) is 4.38. The van der Waals surface area contributed by atoms with Crippen LogP contribution in [0.25, 0.3) is 0 Å². The highest BCUT2D eigenvalue weighted by Crippen LogP contribution is 2.29. The number of aryl methyl sites for hydroxylation is 2. The summed E-state index contributed by atoms with van der Waals surface area (Å²) >= 11 is 12.1. The Morgan fingerprint density at radius 1 is 1.04 bits per heavy atom. The molecule has 0 saturated carbocycles. The minimum Gasteiger partial charge on any atom is -0.324 e. The third kappa shape index (κ3) is 4.31. The van der Waals surface area contributed by atoms with Crippen LogP contribution in [0.2, 0.25) is 10.0 Å². The average Bonchev–Trinajstić information content (AvgIpc) is 2.58. The Morgan fingerprint density at radius 3 is 2.50 bits per heavy atom. The molecule has 1 aromatic heterocycles. The van der Waals surface area contributed by atoms with Crippen molar-refractivity contribution < 1.29 is 4.79 Å². The van der Waals surface area contributed by atoms with Crippen molar-refractivity contribution in [1.82, 2.24) is 9.97 Å². The Bertz CT molecular complexity index is 955. The molecular weight excluding hydrogens is 371 g/mol. The summed E-state index contributed by atoms with van der Waals surface area (Å²) in [7, 11) is 0. The number of hydrogen-bond acceptors (Lipinski definition) is 4. The number of anilines is 3. The van der Waals surface area contributed by atoms with E-state index < -0.39 is 5.91 Å². The fourth-order valence-corrected chi connectivity index (χ4v) is 2.86. The van der Waals surface area contributed by atoms with Gasteiger partial charge in [0.2, 0.25) is 5.95 Å². The first kappa shape index (κ1) is 18.2. The van der Waals surface area contributed by atoms with E-state index in [1.807, 2.05) is 26.0 Å². The van der Waals surface area contributed by atoms with Gasteiger partial charge in [0.05, 0.1) is 15.7 Å². The molecular formula is C19H16Cl2N4O. The number of amides is 1. The molecule has 3 rings (SSSR count). The summed E-state index contributed by atoms with van der Waals surface area (Å²) in [6.07, 6.45) is 1.52. The monoisotopic (exact) mass is 386 g/mol. The van der Waals surface area contributed by atoms with Gasteiger partial charge in [0.15, 0.2) is 0 Å². The second-order valence-electron chi connectivity index (χ2n) is 5.82. The molecule has 2 N–H and O–H groups in total. The molecule has 0 bridgehead atoms. The number of benzene rings is 2. The van der Waals surface area contributed by atoms with Crippen molar-refractivity contribution in [2.45, 2.75) is 13.8 Å². The van der Waals surface area contributed by atoms with Crippen molar-refractivity contribution in [1.29, 1.82) is 0 Å². The summed E-state index contributed by atoms with van der Waals surface area (Å²) in [6, 6.07) is 12.6. The molecule has 3 aromatic rings. The van der Waals surface area contributed by atoms with Gasteiger partial charge in [0.1, 0.15) is 5.69 Å². The minimum atomic E-state index is -0.403. The predicted molar refractivity (Wildman–Crippen MR) is 106 cm³/mol. The second kappa shape index (κ2) is 7.72. The minimum absolute atomic E-state index is 0.211. The van der Waals surface area contributed by atoms with Crippen LogP contribution in [0.1, 0.15) is 21.6 Å². The van der Waals surface area contributed by atoms with Gasteiger partial charge in [0, 0.05) is 11.9 Å². The lowest BCUT2D eigenvalue weighted by molar-refractivity contribution is 0.102. The first-order chi connectivity index (χ1) is 12.4. The van der Waals surface area contributed by atoms with Crippen LogP contribution < -0.4 is 10.6 Å². The van der Waals surface area contributed by atoms with Gasteiger partial charge in [-0.2, -0.15) is 0 Å². The van der Waals surface area contributed by atoms with Crippen LogP contribution in [-0.4, -0.2) is 15.9 Å². The molecule has 0 unspecified atom stereocenters. The van der Waals surface area contributed by atoms with Gasteiger partial charge >= 0.3 is 0 Å². The fourth-order valence-electron chi connectivity index (χ4n) is 2.51. The SMILES string of the molecule is Cc1cc(C)cc(Nc2nccc(C(=O)Nc3cccc(Cl)c3Cl)n2)c1. The highest BCUT2D eigenvalue weighted by Gasteiger charge is 2.12. The number of carbonyl (C=O) groups is 1. The number of rotatable bonds is 4. The molecule has 2 aromatic carbocycles. The Morgan fingerprint density at radius 2 is 1.77 bits per heavy atom. The van der Waals surface area contributed by atoms with Crippen LogP contribution in [0.3, 0.4) is 0 Å². The molecule has 0 aliphatic rings. The first-order valence-corrected chi connectivity index (χ1v) is 8.62. The normalized spacial score (nSPS) is 10.5. The Hall–Kier alpha value is -2.63. The zero-order valence-electron chi connectivity index (χ0n) is 14.2. The molecule has 0 spiro atoms. The van der Waals surface area contributed by atoms with Gasteiger partial charge in [-0.05, 0) is 55.3 Å². The van der Waals surface area contributed by atoms with Crippen LogP contribution in [-0.2, 0) is 0 Å². The number of nitrogens with zero attached hydrogens (tertiary/aromatic N) is 2. The van der Waals surface area contributed by atoms with E-state index in [1.54, 1.807) is 18.2 Å². The molecule has 0 saturated heterocycles. The molecule has 0 aliphatic heterocycles. The average molecular weight is 387 g/mol. The van der Waals surface area contributed by atoms with Crippen molar-refractivity contribution in [3.63, 3.8) is 0 Å². The van der Waals surface area contributed by atoms with Gasteiger partial charge in [-0.1, -0.05) is 35.3 Å². The quantitative estimate of drug-likeness (QED) is 0.629. The molecule has 0 aliphatic carbocycles. The highest BCUT2D eigenvalue weighted by atomic mass is 35.5. The van der Waals surface area contributed by atoms with Gasteiger partial charge in [-0.15, -0.1) is 0 Å². The smallest absolute Gasteiger partial charge is 0.274 e. The van der Waals surface area contributed by atoms with Gasteiger partial charge in [0.25, 0.3) is 5.91 Å². The van der Waals surface area contributed by atoms with Crippen molar-refractivity contribution in [2.24, 2.45) is 0 Å². The van der Waals surface area contributed by atoms with Crippen LogP contribution in [0, 0.1) is 13.8 Å². The van der Waals surface area contributed by atoms with Crippen LogP contribution in [0.4, 0.5) is 17.3 Å². The number of nitrogens with one attached hydrogen (secondary N) is 2. The maximum absolute atomic E-state index is 12.5. The zero-order valence-corrected chi connectivity index (χ0v) is 15.7. The largest absolute Gasteiger partial charge is 0.324 e. The van der Waals surface area contributed by atoms with E-state index in [4.69, 9.17) is 23.2 Å². The number of halogens is 2. The van der Waals surface area contributed by atoms with E-state index in [2.05, 4.69) is 26.7 Å². The maximum atomic E-state index is 12.5. The van der Waals surface area contributed by atoms with Crippen molar-refractivity contribution in [3.8, 4) is 0 Å². The second-order valence-corrected chi connectivity index (χ2v) is 6.61. The Balaban J connectivity index is 1.80. The van der Waals surface area contributed by atoms with E-state index in [1.165, 1.54) is 12.3 Å². The molecule has 5 nitrogen and oxygen atoms in total. The molecule has 0 atom stereocenters. The lowest BCUT2D eigenvalue weighted by atomic mass is 10.1. The summed E-state index contributed by atoms with van der Waals surface area (Å²) in [4.78, 5) is 20.9.